The van der Waals surface area contributed by atoms with E-state index in [1.165, 1.54) is 44.6 Å². The first kappa shape index (κ1) is 26.7. The van der Waals surface area contributed by atoms with Crippen molar-refractivity contribution >= 4 is 27.3 Å². The van der Waals surface area contributed by atoms with Gasteiger partial charge in [-0.05, 0) is 55.8 Å². The number of nitrogens with zero attached hydrogens (tertiary/aromatic N) is 2. The minimum atomic E-state index is -4.25. The Morgan fingerprint density at radius 1 is 1.00 bits per heavy atom. The molecule has 0 aliphatic carbocycles. The van der Waals surface area contributed by atoms with E-state index in [0.717, 1.165) is 15.9 Å². The van der Waals surface area contributed by atoms with E-state index in [0.29, 0.717) is 29.2 Å². The average Bonchev–Trinajstić information content (AvgIpc) is 2.88. The molecule has 3 aromatic rings. The van der Waals surface area contributed by atoms with Crippen LogP contribution in [0.2, 0.25) is 0 Å². The van der Waals surface area contributed by atoms with Gasteiger partial charge >= 0.3 is 0 Å². The Kier molecular flexibility index (Phi) is 8.65. The zero-order valence-electron chi connectivity index (χ0n) is 20.5. The van der Waals surface area contributed by atoms with Gasteiger partial charge in [0.05, 0.1) is 30.5 Å². The van der Waals surface area contributed by atoms with Crippen LogP contribution in [-0.4, -0.2) is 40.8 Å². The zero-order valence-corrected chi connectivity index (χ0v) is 21.3. The lowest BCUT2D eigenvalue weighted by atomic mass is 10.1. The Balaban J connectivity index is 1.90. The lowest BCUT2D eigenvalue weighted by molar-refractivity contribution is -0.119. The third-order valence-corrected chi connectivity index (χ3v) is 7.16. The highest BCUT2D eigenvalue weighted by Gasteiger charge is 2.29. The van der Waals surface area contributed by atoms with E-state index in [2.05, 4.69) is 10.5 Å². The van der Waals surface area contributed by atoms with Crippen molar-refractivity contribution in [3.63, 3.8) is 0 Å². The number of halogens is 1. The van der Waals surface area contributed by atoms with Gasteiger partial charge in [-0.25, -0.2) is 18.2 Å². The van der Waals surface area contributed by atoms with Crippen LogP contribution in [0.25, 0.3) is 0 Å². The van der Waals surface area contributed by atoms with Crippen molar-refractivity contribution in [1.29, 1.82) is 0 Å². The number of ether oxygens (including phenoxy) is 2. The van der Waals surface area contributed by atoms with Crippen LogP contribution in [0, 0.1) is 12.7 Å². The van der Waals surface area contributed by atoms with Gasteiger partial charge in [-0.15, -0.1) is 0 Å². The van der Waals surface area contributed by atoms with Gasteiger partial charge in [0.1, 0.15) is 12.4 Å². The first-order valence-electron chi connectivity index (χ1n) is 11.1. The molecule has 36 heavy (non-hydrogen) atoms. The Morgan fingerprint density at radius 2 is 1.67 bits per heavy atom. The fourth-order valence-corrected chi connectivity index (χ4v) is 4.88. The molecule has 3 aromatic carbocycles. The summed E-state index contributed by atoms with van der Waals surface area (Å²) in [6.07, 6.45) is 0.467. The van der Waals surface area contributed by atoms with Gasteiger partial charge < -0.3 is 9.47 Å². The number of hydrogen-bond donors (Lipinski definition) is 1. The van der Waals surface area contributed by atoms with Gasteiger partial charge in [0.25, 0.3) is 15.9 Å². The summed E-state index contributed by atoms with van der Waals surface area (Å²) < 4.78 is 52.7. The largest absolute Gasteiger partial charge is 0.493 e. The molecule has 0 aromatic heterocycles. The Bertz CT molecular complexity index is 1360. The molecular formula is C26H28FN3O5S. The highest BCUT2D eigenvalue weighted by Crippen LogP contribution is 2.28. The third kappa shape index (κ3) is 6.01. The molecule has 0 heterocycles. The number of rotatable bonds is 10. The van der Waals surface area contributed by atoms with Crippen LogP contribution in [0.15, 0.2) is 76.7 Å². The van der Waals surface area contributed by atoms with Crippen molar-refractivity contribution in [3.05, 3.63) is 83.7 Å². The molecule has 0 atom stereocenters. The summed E-state index contributed by atoms with van der Waals surface area (Å²) in [5, 5.41) is 4.18. The molecule has 0 saturated carbocycles. The summed E-state index contributed by atoms with van der Waals surface area (Å²) in [6, 6.07) is 16.7. The molecule has 10 heteroatoms. The molecule has 1 N–H and O–H groups in total. The van der Waals surface area contributed by atoms with Gasteiger partial charge in [0.15, 0.2) is 11.5 Å². The summed E-state index contributed by atoms with van der Waals surface area (Å²) in [7, 11) is -1.21. The van der Waals surface area contributed by atoms with Crippen LogP contribution < -0.4 is 19.2 Å². The van der Waals surface area contributed by atoms with Crippen LogP contribution in [0.4, 0.5) is 10.1 Å². The van der Waals surface area contributed by atoms with E-state index in [1.807, 2.05) is 13.8 Å². The number of hydrogen-bond acceptors (Lipinski definition) is 6. The van der Waals surface area contributed by atoms with Crippen molar-refractivity contribution < 1.29 is 27.1 Å². The molecule has 1 amide bonds. The van der Waals surface area contributed by atoms with E-state index < -0.39 is 28.3 Å². The van der Waals surface area contributed by atoms with E-state index in [4.69, 9.17) is 9.47 Å². The van der Waals surface area contributed by atoms with Crippen LogP contribution in [0.5, 0.6) is 11.5 Å². The number of benzene rings is 3. The smallest absolute Gasteiger partial charge is 0.264 e. The number of carbonyl (C=O) groups excluding carboxylic acids is 1. The molecule has 0 spiro atoms. The molecule has 0 aliphatic heterocycles. The number of anilines is 1. The summed E-state index contributed by atoms with van der Waals surface area (Å²) in [6.45, 7) is 3.00. The van der Waals surface area contributed by atoms with Crippen molar-refractivity contribution in [2.24, 2.45) is 5.10 Å². The number of aryl methyl sites for hydroxylation is 1. The van der Waals surface area contributed by atoms with Crippen LogP contribution in [0.3, 0.4) is 0 Å². The van der Waals surface area contributed by atoms with Gasteiger partial charge in [-0.2, -0.15) is 5.10 Å². The van der Waals surface area contributed by atoms with Crippen molar-refractivity contribution in [2.45, 2.75) is 25.2 Å². The van der Waals surface area contributed by atoms with E-state index in [-0.39, 0.29) is 10.6 Å². The molecule has 0 fully saturated rings. The SMILES string of the molecule is CC/C(=N\NC(=O)CN(c1ccccc1F)S(=O)(=O)c1ccc(C)cc1)c1ccc(OC)c(OC)c1. The normalized spacial score (nSPS) is 11.6. The van der Waals surface area contributed by atoms with E-state index >= 15 is 0 Å². The van der Waals surface area contributed by atoms with Crippen LogP contribution in [-0.2, 0) is 14.8 Å². The topological polar surface area (TPSA) is 97.3 Å². The van der Waals surface area contributed by atoms with Crippen LogP contribution in [0.1, 0.15) is 24.5 Å². The second kappa shape index (κ2) is 11.7. The average molecular weight is 514 g/mol. The Morgan fingerprint density at radius 3 is 2.28 bits per heavy atom. The highest BCUT2D eigenvalue weighted by molar-refractivity contribution is 7.92. The summed E-state index contributed by atoms with van der Waals surface area (Å²) in [5.74, 6) is -0.468. The number of amides is 1. The van der Waals surface area contributed by atoms with Gasteiger partial charge in [-0.3, -0.25) is 9.10 Å². The molecule has 8 nitrogen and oxygen atoms in total. The standard InChI is InChI=1S/C26H28FN3O5S/c1-5-22(19-12-15-24(34-3)25(16-19)35-4)28-29-26(31)17-30(23-9-7-6-8-21(23)27)36(32,33)20-13-10-18(2)11-14-20/h6-16H,5,17H2,1-4H3,(H,29,31)/b28-22+. The number of carbonyl (C=O) groups is 1. The number of methoxy groups -OCH3 is 2. The zero-order chi connectivity index (χ0) is 26.3. The summed E-state index contributed by atoms with van der Waals surface area (Å²) >= 11 is 0. The molecule has 0 radical (unpaired) electrons. The van der Waals surface area contributed by atoms with Crippen molar-refractivity contribution in [1.82, 2.24) is 5.43 Å². The van der Waals surface area contributed by atoms with E-state index in [1.54, 1.807) is 30.3 Å². The van der Waals surface area contributed by atoms with Gasteiger partial charge in [0.2, 0.25) is 0 Å². The second-order valence-electron chi connectivity index (χ2n) is 7.79. The molecule has 190 valence electrons. The first-order valence-corrected chi connectivity index (χ1v) is 12.6. The molecule has 0 unspecified atom stereocenters. The van der Waals surface area contributed by atoms with Gasteiger partial charge in [-0.1, -0.05) is 36.8 Å². The van der Waals surface area contributed by atoms with E-state index in [9.17, 15) is 17.6 Å². The number of hydrazone groups is 1. The minimum Gasteiger partial charge on any atom is -0.493 e. The third-order valence-electron chi connectivity index (χ3n) is 5.38. The van der Waals surface area contributed by atoms with Crippen LogP contribution >= 0.6 is 0 Å². The lowest BCUT2D eigenvalue weighted by Gasteiger charge is -2.24. The maximum Gasteiger partial charge on any atom is 0.264 e. The summed E-state index contributed by atoms with van der Waals surface area (Å²) in [5.41, 5.74) is 4.24. The predicted octanol–water partition coefficient (Wildman–Crippen LogP) is 4.28. The van der Waals surface area contributed by atoms with Crippen molar-refractivity contribution in [3.8, 4) is 11.5 Å². The second-order valence-corrected chi connectivity index (χ2v) is 9.66. The monoisotopic (exact) mass is 513 g/mol. The lowest BCUT2D eigenvalue weighted by Crippen LogP contribution is -2.40. The molecule has 0 bridgehead atoms. The minimum absolute atomic E-state index is 0.0628. The Labute approximate surface area is 210 Å². The number of sulfonamides is 1. The number of nitrogens with one attached hydrogen (secondary N) is 1. The number of para-hydroxylation sites is 1. The Hall–Kier alpha value is -3.92. The maximum atomic E-state index is 14.6. The molecular weight excluding hydrogens is 485 g/mol. The summed E-state index contributed by atoms with van der Waals surface area (Å²) in [4.78, 5) is 12.8. The fraction of sp³-hybridized carbons (Fsp3) is 0.231. The van der Waals surface area contributed by atoms with Crippen molar-refractivity contribution in [2.75, 3.05) is 25.1 Å². The fourth-order valence-electron chi connectivity index (χ4n) is 3.45. The molecule has 0 saturated heterocycles. The molecule has 3 rings (SSSR count). The first-order chi connectivity index (χ1) is 17.2. The van der Waals surface area contributed by atoms with Gasteiger partial charge in [0, 0.05) is 5.56 Å². The predicted molar refractivity (Wildman–Crippen MR) is 137 cm³/mol. The quantitative estimate of drug-likeness (QED) is 0.322. The highest BCUT2D eigenvalue weighted by atomic mass is 32.2. The maximum absolute atomic E-state index is 14.6. The molecule has 0 aliphatic rings.